The van der Waals surface area contributed by atoms with Crippen LogP contribution in [0.1, 0.15) is 11.1 Å². The summed E-state index contributed by atoms with van der Waals surface area (Å²) < 4.78 is 5.50. The topological polar surface area (TPSA) is 75.8 Å². The van der Waals surface area contributed by atoms with Gasteiger partial charge in [0.15, 0.2) is 0 Å². The highest BCUT2D eigenvalue weighted by atomic mass is 35.6. The van der Waals surface area contributed by atoms with E-state index in [4.69, 9.17) is 21.2 Å². The van der Waals surface area contributed by atoms with Gasteiger partial charge in [-0.2, -0.15) is 0 Å². The molecule has 0 unspecified atom stereocenters. The lowest BCUT2D eigenvalue weighted by Crippen LogP contribution is -2.31. The van der Waals surface area contributed by atoms with Crippen LogP contribution in [0.3, 0.4) is 0 Å². The molecule has 4 rings (SSSR count). The van der Waals surface area contributed by atoms with E-state index in [1.807, 2.05) is 79.8 Å². The Hall–Kier alpha value is -3.61. The third-order valence-corrected chi connectivity index (χ3v) is 5.82. The molecule has 33 heavy (non-hydrogen) atoms. The van der Waals surface area contributed by atoms with Crippen molar-refractivity contribution in [3.05, 3.63) is 102 Å². The minimum Gasteiger partial charge on any atom is -0.503 e. The summed E-state index contributed by atoms with van der Waals surface area (Å²) >= 11 is 6.21. The first-order chi connectivity index (χ1) is 15.9. The number of allylic oxidation sites excluding steroid dienone is 1. The largest absolute Gasteiger partial charge is 0.503 e. The van der Waals surface area contributed by atoms with E-state index in [0.717, 1.165) is 33.3 Å². The summed E-state index contributed by atoms with van der Waals surface area (Å²) in [5, 5.41) is 9.59. The maximum atomic E-state index is 6.21. The number of fused-ring (bicyclic) bond motifs is 1. The molecule has 0 fully saturated rings. The number of nitrogens with one attached hydrogen (secondary N) is 1. The number of hydrogen-bond acceptors (Lipinski definition) is 3. The lowest BCUT2D eigenvalue weighted by molar-refractivity contribution is 0.554. The smallest absolute Gasteiger partial charge is 0.345 e. The van der Waals surface area contributed by atoms with Crippen molar-refractivity contribution in [3.63, 3.8) is 0 Å². The average Bonchev–Trinajstić information content (AvgIpc) is 3.18. The SMILES string of the molecule is C[Si](C)(Cl)O/C(N)=N/N=C(/C=C/c1c(-c2ccccc2)[nH]c2ccccc12)c1ccccc1. The highest BCUT2D eigenvalue weighted by molar-refractivity contribution is 7.15. The number of aromatic nitrogens is 1. The van der Waals surface area contributed by atoms with E-state index in [0.29, 0.717) is 5.71 Å². The van der Waals surface area contributed by atoms with Gasteiger partial charge >= 0.3 is 7.63 Å². The number of nitrogens with zero attached hydrogens (tertiary/aromatic N) is 2. The number of hydrogen-bond donors (Lipinski definition) is 2. The standard InChI is InChI=1S/C26H25ClN4OSi/c1-33(2,27)32-26(28)31-30-23(19-11-5-3-6-12-19)18-17-22-21-15-9-10-16-24(21)29-25(22)20-13-7-4-8-14-20/h3-18,29H,1-2H3,(H2,28,31)/b18-17+,30-23-. The van der Waals surface area contributed by atoms with Crippen LogP contribution in [-0.2, 0) is 4.43 Å². The first-order valence-corrected chi connectivity index (χ1v) is 14.5. The number of amidine groups is 1. The molecule has 0 aliphatic carbocycles. The van der Waals surface area contributed by atoms with E-state index in [-0.39, 0.29) is 6.02 Å². The third-order valence-electron chi connectivity index (χ3n) is 4.89. The molecule has 3 aromatic carbocycles. The highest BCUT2D eigenvalue weighted by Gasteiger charge is 2.21. The van der Waals surface area contributed by atoms with Gasteiger partial charge in [0.1, 0.15) is 0 Å². The molecule has 7 heteroatoms. The molecule has 1 aromatic heterocycles. The molecule has 0 aliphatic rings. The van der Waals surface area contributed by atoms with E-state index >= 15 is 0 Å². The summed E-state index contributed by atoms with van der Waals surface area (Å²) in [5.41, 5.74) is 11.7. The molecule has 0 amide bonds. The van der Waals surface area contributed by atoms with Gasteiger partial charge in [0, 0.05) is 22.0 Å². The van der Waals surface area contributed by atoms with Crippen LogP contribution < -0.4 is 5.73 Å². The highest BCUT2D eigenvalue weighted by Crippen LogP contribution is 2.31. The van der Waals surface area contributed by atoms with Crippen molar-refractivity contribution in [1.29, 1.82) is 0 Å². The van der Waals surface area contributed by atoms with Gasteiger partial charge in [-0.3, -0.25) is 0 Å². The predicted octanol–water partition coefficient (Wildman–Crippen LogP) is 6.52. The fourth-order valence-corrected chi connectivity index (χ4v) is 4.28. The molecule has 4 aromatic rings. The second-order valence-corrected chi connectivity index (χ2v) is 13.6. The summed E-state index contributed by atoms with van der Waals surface area (Å²) in [6, 6.07) is 28.3. The van der Waals surface area contributed by atoms with Crippen molar-refractivity contribution < 1.29 is 4.43 Å². The maximum Gasteiger partial charge on any atom is 0.345 e. The molecule has 3 N–H and O–H groups in total. The van der Waals surface area contributed by atoms with Crippen LogP contribution in [0.2, 0.25) is 13.1 Å². The zero-order chi connectivity index (χ0) is 23.3. The predicted molar refractivity (Wildman–Crippen MR) is 142 cm³/mol. The van der Waals surface area contributed by atoms with Gasteiger partial charge in [0.25, 0.3) is 6.02 Å². The van der Waals surface area contributed by atoms with Gasteiger partial charge in [0.05, 0.1) is 11.4 Å². The molecule has 0 radical (unpaired) electrons. The Morgan fingerprint density at radius 2 is 1.55 bits per heavy atom. The number of benzene rings is 3. The van der Waals surface area contributed by atoms with Crippen LogP contribution in [0.15, 0.2) is 101 Å². The van der Waals surface area contributed by atoms with E-state index in [1.165, 1.54) is 0 Å². The third kappa shape index (κ3) is 5.80. The van der Waals surface area contributed by atoms with E-state index in [2.05, 4.69) is 45.5 Å². The Labute approximate surface area is 199 Å². The van der Waals surface area contributed by atoms with Crippen molar-refractivity contribution in [2.45, 2.75) is 13.1 Å². The van der Waals surface area contributed by atoms with Gasteiger partial charge in [-0.05, 0) is 36.9 Å². The molecule has 0 saturated heterocycles. The van der Waals surface area contributed by atoms with Crippen LogP contribution in [0.4, 0.5) is 0 Å². The summed E-state index contributed by atoms with van der Waals surface area (Å²) in [4.78, 5) is 3.55. The minimum absolute atomic E-state index is 0.0411. The van der Waals surface area contributed by atoms with Crippen molar-refractivity contribution in [3.8, 4) is 11.3 Å². The zero-order valence-corrected chi connectivity index (χ0v) is 20.3. The maximum absolute atomic E-state index is 6.21. The Bertz CT molecular complexity index is 1320. The molecule has 1 heterocycles. The lowest BCUT2D eigenvalue weighted by atomic mass is 10.0. The Kier molecular flexibility index (Phi) is 6.77. The summed E-state index contributed by atoms with van der Waals surface area (Å²) in [6.45, 7) is 3.64. The average molecular weight is 473 g/mol. The normalized spacial score (nSPS) is 13.1. The first kappa shape index (κ1) is 22.6. The summed E-state index contributed by atoms with van der Waals surface area (Å²) in [7, 11) is -2.38. The molecular weight excluding hydrogens is 448 g/mol. The van der Waals surface area contributed by atoms with Gasteiger partial charge < -0.3 is 15.1 Å². The van der Waals surface area contributed by atoms with Crippen LogP contribution in [-0.4, -0.2) is 24.3 Å². The van der Waals surface area contributed by atoms with E-state index < -0.39 is 7.63 Å². The first-order valence-electron chi connectivity index (χ1n) is 10.6. The summed E-state index contributed by atoms with van der Waals surface area (Å²) in [5.74, 6) is 0. The summed E-state index contributed by atoms with van der Waals surface area (Å²) in [6.07, 6.45) is 4.00. The van der Waals surface area contributed by atoms with Crippen LogP contribution >= 0.6 is 11.1 Å². The Balaban J connectivity index is 1.79. The fraction of sp³-hybridized carbons (Fsp3) is 0.0769. The van der Waals surface area contributed by atoms with Crippen molar-refractivity contribution in [2.24, 2.45) is 15.9 Å². The lowest BCUT2D eigenvalue weighted by Gasteiger charge is -2.13. The van der Waals surface area contributed by atoms with Crippen LogP contribution in [0.25, 0.3) is 28.2 Å². The number of nitrogens with two attached hydrogens (primary N) is 1. The molecule has 0 aliphatic heterocycles. The second-order valence-electron chi connectivity index (χ2n) is 7.91. The van der Waals surface area contributed by atoms with E-state index in [1.54, 1.807) is 0 Å². The molecule has 166 valence electrons. The molecular formula is C26H25ClN4OSi. The second kappa shape index (κ2) is 9.89. The Morgan fingerprint density at radius 3 is 2.24 bits per heavy atom. The number of H-pyrrole nitrogens is 1. The van der Waals surface area contributed by atoms with Crippen LogP contribution in [0, 0.1) is 0 Å². The number of halogens is 1. The fourth-order valence-electron chi connectivity index (χ4n) is 3.50. The van der Waals surface area contributed by atoms with Crippen molar-refractivity contribution in [1.82, 2.24) is 4.98 Å². The molecule has 0 atom stereocenters. The minimum atomic E-state index is -2.38. The van der Waals surface area contributed by atoms with Crippen molar-refractivity contribution in [2.75, 3.05) is 0 Å². The number of rotatable bonds is 6. The molecule has 0 saturated carbocycles. The zero-order valence-electron chi connectivity index (χ0n) is 18.5. The number of aromatic amines is 1. The van der Waals surface area contributed by atoms with Gasteiger partial charge in [-0.1, -0.05) is 84.0 Å². The molecule has 5 nitrogen and oxygen atoms in total. The van der Waals surface area contributed by atoms with Crippen molar-refractivity contribution >= 4 is 47.4 Å². The van der Waals surface area contributed by atoms with Crippen LogP contribution in [0.5, 0.6) is 0 Å². The van der Waals surface area contributed by atoms with E-state index in [9.17, 15) is 0 Å². The van der Waals surface area contributed by atoms with Gasteiger partial charge in [-0.15, -0.1) is 16.2 Å². The Morgan fingerprint density at radius 1 is 0.909 bits per heavy atom. The van der Waals surface area contributed by atoms with Gasteiger partial charge in [0.2, 0.25) is 0 Å². The molecule has 0 bridgehead atoms. The van der Waals surface area contributed by atoms with Gasteiger partial charge in [-0.25, -0.2) is 0 Å². The molecule has 0 spiro atoms. The monoisotopic (exact) mass is 472 g/mol. The number of para-hydroxylation sites is 1. The quantitative estimate of drug-likeness (QED) is 0.110.